The van der Waals surface area contributed by atoms with Gasteiger partial charge in [0, 0.05) is 12.4 Å². The van der Waals surface area contributed by atoms with Crippen LogP contribution < -0.4 is 0 Å². The predicted molar refractivity (Wildman–Crippen MR) is 44.8 cm³/mol. The van der Waals surface area contributed by atoms with E-state index in [0.29, 0.717) is 5.56 Å². The van der Waals surface area contributed by atoms with Crippen molar-refractivity contribution < 1.29 is 4.79 Å². The minimum atomic E-state index is -0.173. The molecule has 0 amide bonds. The quantitative estimate of drug-likeness (QED) is 0.553. The first kappa shape index (κ1) is 8.33. The Morgan fingerprint density at radius 1 is 1.55 bits per heavy atom. The van der Waals surface area contributed by atoms with E-state index >= 15 is 0 Å². The summed E-state index contributed by atoms with van der Waals surface area (Å²) in [6.07, 6.45) is 4.41. The van der Waals surface area contributed by atoms with Crippen molar-refractivity contribution >= 4 is 21.7 Å². The van der Waals surface area contributed by atoms with Gasteiger partial charge in [-0.25, -0.2) is 9.97 Å². The van der Waals surface area contributed by atoms with Crippen molar-refractivity contribution in [3.8, 4) is 0 Å². The molecule has 1 aromatic heterocycles. The molecule has 1 heterocycles. The number of hydrogen-bond donors (Lipinski definition) is 0. The van der Waals surface area contributed by atoms with Gasteiger partial charge in [0.2, 0.25) is 0 Å². The zero-order chi connectivity index (χ0) is 8.27. The van der Waals surface area contributed by atoms with Crippen LogP contribution >= 0.6 is 15.9 Å². The van der Waals surface area contributed by atoms with Crippen LogP contribution in [0.5, 0.6) is 0 Å². The van der Waals surface area contributed by atoms with Crippen molar-refractivity contribution in [2.45, 2.75) is 11.8 Å². The molecule has 0 bridgehead atoms. The van der Waals surface area contributed by atoms with Crippen molar-refractivity contribution in [3.05, 3.63) is 24.3 Å². The van der Waals surface area contributed by atoms with E-state index in [2.05, 4.69) is 25.9 Å². The average molecular weight is 215 g/mol. The second kappa shape index (κ2) is 3.57. The third-order valence-corrected chi connectivity index (χ3v) is 1.62. The van der Waals surface area contributed by atoms with Gasteiger partial charge in [-0.1, -0.05) is 15.9 Å². The van der Waals surface area contributed by atoms with Crippen molar-refractivity contribution in [1.82, 2.24) is 9.97 Å². The predicted octanol–water partition coefficient (Wildman–Crippen LogP) is 1.44. The van der Waals surface area contributed by atoms with Crippen LogP contribution in [0.2, 0.25) is 0 Å². The zero-order valence-electron chi connectivity index (χ0n) is 5.99. The van der Waals surface area contributed by atoms with Gasteiger partial charge in [0.15, 0.2) is 5.78 Å². The summed E-state index contributed by atoms with van der Waals surface area (Å²) in [6.45, 7) is 1.77. The third-order valence-electron chi connectivity index (χ3n) is 1.21. The minimum Gasteiger partial charge on any atom is -0.293 e. The molecular weight excluding hydrogens is 208 g/mol. The lowest BCUT2D eigenvalue weighted by atomic mass is 10.2. The molecule has 1 rings (SSSR count). The lowest BCUT2D eigenvalue weighted by Gasteiger charge is -1.99. The first-order valence-electron chi connectivity index (χ1n) is 3.15. The zero-order valence-corrected chi connectivity index (χ0v) is 7.58. The van der Waals surface area contributed by atoms with E-state index in [1.807, 2.05) is 0 Å². The standard InChI is InChI=1S/C7H7BrN2O/c1-5(8)7(11)6-2-9-4-10-3-6/h2-5H,1H3/t5-/m1/s1. The van der Waals surface area contributed by atoms with E-state index in [1.165, 1.54) is 18.7 Å². The molecule has 0 fully saturated rings. The van der Waals surface area contributed by atoms with Gasteiger partial charge in [0.05, 0.1) is 10.4 Å². The molecule has 0 spiro atoms. The Morgan fingerprint density at radius 3 is 2.55 bits per heavy atom. The van der Waals surface area contributed by atoms with Gasteiger partial charge in [-0.2, -0.15) is 0 Å². The number of aromatic nitrogens is 2. The Morgan fingerprint density at radius 2 is 2.09 bits per heavy atom. The molecule has 1 aromatic rings. The van der Waals surface area contributed by atoms with Crippen molar-refractivity contribution in [2.75, 3.05) is 0 Å². The maximum absolute atomic E-state index is 11.2. The van der Waals surface area contributed by atoms with Crippen LogP contribution in [0, 0.1) is 0 Å². The maximum atomic E-state index is 11.2. The topological polar surface area (TPSA) is 42.9 Å². The van der Waals surface area contributed by atoms with Crippen LogP contribution in [0.25, 0.3) is 0 Å². The van der Waals surface area contributed by atoms with Gasteiger partial charge < -0.3 is 0 Å². The highest BCUT2D eigenvalue weighted by molar-refractivity contribution is 9.10. The SMILES string of the molecule is C[C@@H](Br)C(=O)c1cncnc1. The van der Waals surface area contributed by atoms with Gasteiger partial charge in [-0.05, 0) is 6.92 Å². The van der Waals surface area contributed by atoms with Crippen molar-refractivity contribution in [3.63, 3.8) is 0 Å². The summed E-state index contributed by atoms with van der Waals surface area (Å²) in [5.41, 5.74) is 0.539. The Hall–Kier alpha value is -0.770. The lowest BCUT2D eigenvalue weighted by molar-refractivity contribution is 0.0995. The maximum Gasteiger partial charge on any atom is 0.179 e. The molecule has 3 nitrogen and oxygen atoms in total. The number of Topliss-reactive ketones (excluding diaryl/α,β-unsaturated/α-hetero) is 1. The molecule has 0 saturated carbocycles. The molecule has 1 atom stereocenters. The van der Waals surface area contributed by atoms with Crippen molar-refractivity contribution in [2.24, 2.45) is 0 Å². The molecule has 0 saturated heterocycles. The highest BCUT2D eigenvalue weighted by Gasteiger charge is 2.11. The molecule has 0 aliphatic carbocycles. The van der Waals surface area contributed by atoms with Crippen LogP contribution in [0.1, 0.15) is 17.3 Å². The number of halogens is 1. The molecular formula is C7H7BrN2O. The van der Waals surface area contributed by atoms with Crippen LogP contribution in [-0.2, 0) is 0 Å². The van der Waals surface area contributed by atoms with Crippen LogP contribution in [0.3, 0.4) is 0 Å². The van der Waals surface area contributed by atoms with Crippen LogP contribution in [0.15, 0.2) is 18.7 Å². The first-order chi connectivity index (χ1) is 5.22. The summed E-state index contributed by atoms with van der Waals surface area (Å²) in [5, 5.41) is 0. The number of hydrogen-bond acceptors (Lipinski definition) is 3. The average Bonchev–Trinajstić information content (AvgIpc) is 2.05. The Labute approximate surface area is 73.0 Å². The summed E-state index contributed by atoms with van der Waals surface area (Å²) >= 11 is 3.17. The highest BCUT2D eigenvalue weighted by atomic mass is 79.9. The Balaban J connectivity index is 2.86. The van der Waals surface area contributed by atoms with E-state index in [-0.39, 0.29) is 10.6 Å². The molecule has 4 heteroatoms. The van der Waals surface area contributed by atoms with Gasteiger partial charge in [-0.15, -0.1) is 0 Å². The first-order valence-corrected chi connectivity index (χ1v) is 4.06. The second-order valence-corrected chi connectivity index (χ2v) is 3.48. The van der Waals surface area contributed by atoms with Gasteiger partial charge in [0.25, 0.3) is 0 Å². The van der Waals surface area contributed by atoms with E-state index in [4.69, 9.17) is 0 Å². The highest BCUT2D eigenvalue weighted by Crippen LogP contribution is 2.06. The summed E-state index contributed by atoms with van der Waals surface area (Å²) in [6, 6.07) is 0. The lowest BCUT2D eigenvalue weighted by Crippen LogP contribution is -2.10. The molecule has 11 heavy (non-hydrogen) atoms. The summed E-state index contributed by atoms with van der Waals surface area (Å²) < 4.78 is 0. The number of alkyl halides is 1. The molecule has 58 valence electrons. The molecule has 0 unspecified atom stereocenters. The van der Waals surface area contributed by atoms with E-state index < -0.39 is 0 Å². The van der Waals surface area contributed by atoms with Gasteiger partial charge in [0.1, 0.15) is 6.33 Å². The fraction of sp³-hybridized carbons (Fsp3) is 0.286. The van der Waals surface area contributed by atoms with Gasteiger partial charge in [-0.3, -0.25) is 4.79 Å². The summed E-state index contributed by atoms with van der Waals surface area (Å²) in [4.78, 5) is 18.5. The largest absolute Gasteiger partial charge is 0.293 e. The van der Waals surface area contributed by atoms with Crippen LogP contribution in [0.4, 0.5) is 0 Å². The third kappa shape index (κ3) is 2.08. The number of ketones is 1. The van der Waals surface area contributed by atoms with E-state index in [1.54, 1.807) is 6.92 Å². The minimum absolute atomic E-state index is 0.00519. The normalized spacial score (nSPS) is 12.5. The second-order valence-electron chi connectivity index (χ2n) is 2.11. The Bertz CT molecular complexity index is 248. The molecule has 0 aliphatic heterocycles. The molecule has 0 radical (unpaired) electrons. The van der Waals surface area contributed by atoms with Gasteiger partial charge >= 0.3 is 0 Å². The number of rotatable bonds is 2. The van der Waals surface area contributed by atoms with E-state index in [0.717, 1.165) is 0 Å². The fourth-order valence-electron chi connectivity index (χ4n) is 0.656. The molecule has 0 N–H and O–H groups in total. The summed E-state index contributed by atoms with van der Waals surface area (Å²) in [5.74, 6) is 0.00519. The molecule has 0 aromatic carbocycles. The van der Waals surface area contributed by atoms with Crippen LogP contribution in [-0.4, -0.2) is 20.6 Å². The van der Waals surface area contributed by atoms with Crippen molar-refractivity contribution in [1.29, 1.82) is 0 Å². The van der Waals surface area contributed by atoms with E-state index in [9.17, 15) is 4.79 Å². The summed E-state index contributed by atoms with van der Waals surface area (Å²) in [7, 11) is 0. The fourth-order valence-corrected chi connectivity index (χ4v) is 0.920. The number of carbonyl (C=O) groups is 1. The monoisotopic (exact) mass is 214 g/mol. The Kier molecular flexibility index (Phi) is 2.70. The smallest absolute Gasteiger partial charge is 0.179 e. The number of carbonyl (C=O) groups excluding carboxylic acids is 1. The number of nitrogens with zero attached hydrogens (tertiary/aromatic N) is 2. The molecule has 0 aliphatic rings.